The van der Waals surface area contributed by atoms with Crippen LogP contribution in [-0.4, -0.2) is 31.5 Å². The molecule has 28 heavy (non-hydrogen) atoms. The zero-order valence-corrected chi connectivity index (χ0v) is 16.6. The van der Waals surface area contributed by atoms with Gasteiger partial charge in [0.25, 0.3) is 10.0 Å². The second-order valence-corrected chi connectivity index (χ2v) is 8.74. The predicted octanol–water partition coefficient (Wildman–Crippen LogP) is 2.28. The van der Waals surface area contributed by atoms with Crippen LogP contribution in [0.4, 0.5) is 10.5 Å². The van der Waals surface area contributed by atoms with Crippen LogP contribution >= 0.6 is 0 Å². The van der Waals surface area contributed by atoms with Crippen molar-refractivity contribution in [3.8, 4) is 5.88 Å². The molecule has 0 spiro atoms. The van der Waals surface area contributed by atoms with E-state index in [1.807, 2.05) is 0 Å². The van der Waals surface area contributed by atoms with Crippen molar-refractivity contribution in [1.82, 2.24) is 14.7 Å². The van der Waals surface area contributed by atoms with Crippen LogP contribution in [0, 0.1) is 6.92 Å². The summed E-state index contributed by atoms with van der Waals surface area (Å²) in [7, 11) is -2.86. The van der Waals surface area contributed by atoms with Gasteiger partial charge in [0, 0.05) is 5.69 Å². The van der Waals surface area contributed by atoms with Gasteiger partial charge in [-0.25, -0.2) is 22.9 Å². The summed E-state index contributed by atoms with van der Waals surface area (Å²) in [4.78, 5) is 20.2. The molecule has 1 aromatic heterocycles. The summed E-state index contributed by atoms with van der Waals surface area (Å²) >= 11 is 0. The number of amides is 2. The first-order valence-corrected chi connectivity index (χ1v) is 10.8. The highest BCUT2D eigenvalue weighted by molar-refractivity contribution is 7.90. The van der Waals surface area contributed by atoms with Crippen LogP contribution in [0.1, 0.15) is 40.9 Å². The van der Waals surface area contributed by atoms with Crippen molar-refractivity contribution >= 4 is 21.7 Å². The molecule has 148 valence electrons. The van der Waals surface area contributed by atoms with Crippen LogP contribution in [0.2, 0.25) is 0 Å². The van der Waals surface area contributed by atoms with Crippen molar-refractivity contribution in [2.24, 2.45) is 0 Å². The average molecular weight is 402 g/mol. The van der Waals surface area contributed by atoms with Gasteiger partial charge in [0.2, 0.25) is 5.88 Å². The summed E-state index contributed by atoms with van der Waals surface area (Å²) < 4.78 is 32.4. The first-order valence-electron chi connectivity index (χ1n) is 9.27. The van der Waals surface area contributed by atoms with Crippen LogP contribution in [0.3, 0.4) is 0 Å². The second kappa shape index (κ2) is 7.05. The topological polar surface area (TPSA) is 110 Å². The Morgan fingerprint density at radius 2 is 1.75 bits per heavy atom. The van der Waals surface area contributed by atoms with E-state index >= 15 is 0 Å². The maximum Gasteiger partial charge on any atom is 0.333 e. The number of carbonyl (C=O) groups is 1. The fraction of sp³-hybridized carbons (Fsp3) is 0.421. The van der Waals surface area contributed by atoms with E-state index in [9.17, 15) is 13.2 Å². The van der Waals surface area contributed by atoms with Crippen molar-refractivity contribution in [2.45, 2.75) is 50.3 Å². The van der Waals surface area contributed by atoms with Gasteiger partial charge in [-0.05, 0) is 67.7 Å². The maximum absolute atomic E-state index is 12.7. The zero-order valence-electron chi connectivity index (χ0n) is 15.8. The van der Waals surface area contributed by atoms with Gasteiger partial charge in [-0.15, -0.1) is 0 Å². The van der Waals surface area contributed by atoms with Crippen molar-refractivity contribution in [2.75, 3.05) is 12.4 Å². The van der Waals surface area contributed by atoms with Gasteiger partial charge in [-0.3, -0.25) is 0 Å². The number of anilines is 1. The largest absolute Gasteiger partial charge is 0.480 e. The second-order valence-electron chi connectivity index (χ2n) is 7.08. The summed E-state index contributed by atoms with van der Waals surface area (Å²) in [5.74, 6) is 0.268. The molecule has 0 saturated carbocycles. The van der Waals surface area contributed by atoms with Gasteiger partial charge in [-0.2, -0.15) is 4.98 Å². The molecule has 2 N–H and O–H groups in total. The SMILES string of the molecule is COc1nc(C)ncc1S(=O)(=O)NC(=O)Nc1c2c(cc3c1CCC3)CCC2. The van der Waals surface area contributed by atoms with Crippen molar-refractivity contribution in [3.63, 3.8) is 0 Å². The molecule has 0 atom stereocenters. The molecule has 0 fully saturated rings. The van der Waals surface area contributed by atoms with E-state index in [4.69, 9.17) is 4.74 Å². The third kappa shape index (κ3) is 3.30. The van der Waals surface area contributed by atoms with Crippen molar-refractivity contribution < 1.29 is 17.9 Å². The van der Waals surface area contributed by atoms with Crippen LogP contribution in [-0.2, 0) is 35.7 Å². The molecule has 1 aromatic carbocycles. The van der Waals surface area contributed by atoms with E-state index in [2.05, 4.69) is 26.1 Å². The number of nitrogens with zero attached hydrogens (tertiary/aromatic N) is 2. The third-order valence-electron chi connectivity index (χ3n) is 5.26. The Bertz CT molecular complexity index is 1030. The first-order chi connectivity index (χ1) is 13.4. The number of nitrogens with one attached hydrogen (secondary N) is 2. The smallest absolute Gasteiger partial charge is 0.333 e. The average Bonchev–Trinajstić information content (AvgIpc) is 3.29. The molecule has 0 aliphatic heterocycles. The van der Waals surface area contributed by atoms with E-state index in [1.165, 1.54) is 18.2 Å². The number of sulfonamides is 1. The number of hydrogen-bond donors (Lipinski definition) is 2. The monoisotopic (exact) mass is 402 g/mol. The number of aryl methyl sites for hydroxylation is 3. The molecule has 0 unspecified atom stereocenters. The number of fused-ring (bicyclic) bond motifs is 2. The number of urea groups is 1. The number of benzene rings is 1. The van der Waals surface area contributed by atoms with E-state index in [-0.39, 0.29) is 10.8 Å². The fourth-order valence-corrected chi connectivity index (χ4v) is 5.01. The summed E-state index contributed by atoms with van der Waals surface area (Å²) in [5.41, 5.74) is 5.55. The van der Waals surface area contributed by atoms with Gasteiger partial charge < -0.3 is 10.1 Å². The Balaban J connectivity index is 1.61. The number of hydrogen-bond acceptors (Lipinski definition) is 6. The predicted molar refractivity (Wildman–Crippen MR) is 103 cm³/mol. The lowest BCUT2D eigenvalue weighted by molar-refractivity contribution is 0.256. The quantitative estimate of drug-likeness (QED) is 0.812. The first kappa shape index (κ1) is 18.7. The maximum atomic E-state index is 12.7. The molecule has 0 bridgehead atoms. The minimum Gasteiger partial charge on any atom is -0.480 e. The Morgan fingerprint density at radius 3 is 2.36 bits per heavy atom. The number of methoxy groups -OCH3 is 1. The highest BCUT2D eigenvalue weighted by Gasteiger charge is 2.28. The lowest BCUT2D eigenvalue weighted by Gasteiger charge is -2.17. The van der Waals surface area contributed by atoms with E-state index in [0.717, 1.165) is 61.5 Å². The van der Waals surface area contributed by atoms with Crippen LogP contribution in [0.15, 0.2) is 17.2 Å². The van der Waals surface area contributed by atoms with Gasteiger partial charge in [0.15, 0.2) is 4.90 Å². The third-order valence-corrected chi connectivity index (χ3v) is 6.58. The molecule has 9 heteroatoms. The number of aromatic nitrogens is 2. The highest BCUT2D eigenvalue weighted by Crippen LogP contribution is 2.38. The van der Waals surface area contributed by atoms with Gasteiger partial charge >= 0.3 is 6.03 Å². The molecule has 0 saturated heterocycles. The molecule has 4 rings (SSSR count). The van der Waals surface area contributed by atoms with E-state index in [0.29, 0.717) is 5.82 Å². The molecule has 2 aromatic rings. The Hall–Kier alpha value is -2.68. The van der Waals surface area contributed by atoms with Crippen molar-refractivity contribution in [1.29, 1.82) is 0 Å². The molecule has 2 aliphatic carbocycles. The molecule has 8 nitrogen and oxygen atoms in total. The van der Waals surface area contributed by atoms with E-state index < -0.39 is 16.1 Å². The Kier molecular flexibility index (Phi) is 4.70. The molecule has 0 radical (unpaired) electrons. The minimum atomic E-state index is -4.18. The summed E-state index contributed by atoms with van der Waals surface area (Å²) in [6.07, 6.45) is 7.00. The minimum absolute atomic E-state index is 0.103. The van der Waals surface area contributed by atoms with Crippen LogP contribution in [0.25, 0.3) is 0 Å². The summed E-state index contributed by atoms with van der Waals surface area (Å²) in [5, 5.41) is 2.81. The number of rotatable bonds is 4. The molecule has 1 heterocycles. The normalized spacial score (nSPS) is 15.1. The van der Waals surface area contributed by atoms with Gasteiger partial charge in [0.1, 0.15) is 5.82 Å². The van der Waals surface area contributed by atoms with Crippen molar-refractivity contribution in [3.05, 3.63) is 40.3 Å². The Labute approximate surface area is 163 Å². The van der Waals surface area contributed by atoms with Gasteiger partial charge in [0.05, 0.1) is 13.3 Å². The van der Waals surface area contributed by atoms with Crippen LogP contribution in [0.5, 0.6) is 5.88 Å². The highest BCUT2D eigenvalue weighted by atomic mass is 32.2. The lowest BCUT2D eigenvalue weighted by Crippen LogP contribution is -2.35. The van der Waals surface area contributed by atoms with E-state index in [1.54, 1.807) is 6.92 Å². The molecule has 2 aliphatic rings. The lowest BCUT2D eigenvalue weighted by atomic mass is 9.99. The molecular formula is C19H22N4O4S. The fourth-order valence-electron chi connectivity index (χ4n) is 4.05. The standard InChI is InChI=1S/C19H22N4O4S/c1-11-20-10-16(18(21-11)27-2)28(25,26)23-19(24)22-17-14-7-3-5-12(14)9-13-6-4-8-15(13)17/h9-10H,3-8H2,1-2H3,(H2,22,23,24). The van der Waals surface area contributed by atoms with Gasteiger partial charge in [-0.1, -0.05) is 6.07 Å². The van der Waals surface area contributed by atoms with Crippen LogP contribution < -0.4 is 14.8 Å². The Morgan fingerprint density at radius 1 is 1.11 bits per heavy atom. The molecular weight excluding hydrogens is 380 g/mol. The number of ether oxygens (including phenoxy) is 1. The zero-order chi connectivity index (χ0) is 19.9. The number of carbonyl (C=O) groups excluding carboxylic acids is 1. The molecule has 2 amide bonds. The summed E-state index contributed by atoms with van der Waals surface area (Å²) in [6, 6.07) is 1.45. The summed E-state index contributed by atoms with van der Waals surface area (Å²) in [6.45, 7) is 1.62.